The van der Waals surface area contributed by atoms with Crippen molar-refractivity contribution >= 4 is 21.0 Å². The highest BCUT2D eigenvalue weighted by Gasteiger charge is 2.83. The van der Waals surface area contributed by atoms with Gasteiger partial charge in [0.2, 0.25) is 0 Å². The van der Waals surface area contributed by atoms with Crippen LogP contribution < -0.4 is 0 Å². The first kappa shape index (κ1) is 25.7. The number of halogens is 9. The number of hydrogen-bond donors (Lipinski definition) is 1. The fourth-order valence-corrected chi connectivity index (χ4v) is 4.79. The quantitative estimate of drug-likeness (QED) is 0.400. The van der Waals surface area contributed by atoms with Crippen molar-refractivity contribution in [3.8, 4) is 5.75 Å². The van der Waals surface area contributed by atoms with Gasteiger partial charge in [0.15, 0.2) is 15.0 Å². The van der Waals surface area contributed by atoms with Crippen molar-refractivity contribution in [1.29, 1.82) is 0 Å². The van der Waals surface area contributed by atoms with Crippen molar-refractivity contribution < 1.29 is 57.6 Å². The van der Waals surface area contributed by atoms with Gasteiger partial charge in [-0.1, -0.05) is 0 Å². The average Bonchev–Trinajstić information content (AvgIpc) is 3.08. The molecule has 1 heterocycles. The summed E-state index contributed by atoms with van der Waals surface area (Å²) in [5, 5.41) is 1.99. The molecule has 1 N–H and O–H groups in total. The van der Waals surface area contributed by atoms with E-state index in [1.165, 1.54) is 29.2 Å². The monoisotopic (exact) mass is 480 g/mol. The zero-order valence-electron chi connectivity index (χ0n) is 14.0. The molecule has 0 bridgehead atoms. The van der Waals surface area contributed by atoms with Crippen LogP contribution in [0.3, 0.4) is 0 Å². The summed E-state index contributed by atoms with van der Waals surface area (Å²) in [6.07, 6.45) is -4.40. The van der Waals surface area contributed by atoms with Crippen molar-refractivity contribution in [2.24, 2.45) is 0 Å². The minimum atomic E-state index is -7.43. The Bertz CT molecular complexity index is 786. The number of hydrogen-bond acceptors (Lipinski definition) is 4. The number of aromatic hydroxyl groups is 1. The molecule has 1 fully saturated rings. The van der Waals surface area contributed by atoms with Crippen LogP contribution in [-0.4, -0.2) is 52.9 Å². The smallest absolute Gasteiger partial charge is 0.460 e. The maximum atomic E-state index is 12.2. The molecule has 0 spiro atoms. The first-order chi connectivity index (χ1) is 12.9. The molecule has 4 nitrogen and oxygen atoms in total. The van der Waals surface area contributed by atoms with Gasteiger partial charge in [-0.05, 0) is 37.1 Å². The first-order valence-corrected chi connectivity index (χ1v) is 10.5. The van der Waals surface area contributed by atoms with Crippen LogP contribution in [0.5, 0.6) is 5.75 Å². The van der Waals surface area contributed by atoms with Crippen LogP contribution in [0, 0.1) is 0 Å². The molecule has 0 atom stereocenters. The van der Waals surface area contributed by atoms with Gasteiger partial charge in [0, 0.05) is 10.9 Å². The lowest BCUT2D eigenvalue weighted by Crippen LogP contribution is -2.63. The SMILES string of the molecule is O=S(=O)([O-])C(F)(F)C(F)(F)C(F)(F)C(F)(F)F.Oc1ccc([S+]2CCCC2)cc1. The van der Waals surface area contributed by atoms with E-state index >= 15 is 0 Å². The number of benzene rings is 1. The van der Waals surface area contributed by atoms with Gasteiger partial charge in [-0.25, -0.2) is 8.42 Å². The van der Waals surface area contributed by atoms with Gasteiger partial charge in [0.05, 0.1) is 0 Å². The second kappa shape index (κ2) is 8.41. The second-order valence-electron chi connectivity index (χ2n) is 5.72. The highest BCUT2D eigenvalue weighted by Crippen LogP contribution is 2.54. The van der Waals surface area contributed by atoms with Gasteiger partial charge in [0.25, 0.3) is 0 Å². The molecule has 0 aliphatic carbocycles. The molecule has 0 unspecified atom stereocenters. The Morgan fingerprint density at radius 2 is 1.24 bits per heavy atom. The van der Waals surface area contributed by atoms with Crippen molar-refractivity contribution in [2.75, 3.05) is 11.5 Å². The molecular formula is C14H13F9O4S2. The van der Waals surface area contributed by atoms with E-state index in [-0.39, 0.29) is 0 Å². The van der Waals surface area contributed by atoms with Crippen molar-refractivity contribution in [3.05, 3.63) is 24.3 Å². The average molecular weight is 480 g/mol. The van der Waals surface area contributed by atoms with E-state index in [4.69, 9.17) is 5.11 Å². The third kappa shape index (κ3) is 5.23. The van der Waals surface area contributed by atoms with Gasteiger partial charge in [-0.2, -0.15) is 39.5 Å². The van der Waals surface area contributed by atoms with Crippen LogP contribution >= 0.6 is 0 Å². The van der Waals surface area contributed by atoms with Crippen LogP contribution in [0.4, 0.5) is 39.5 Å². The summed E-state index contributed by atoms with van der Waals surface area (Å²) in [5.74, 6) is -11.7. The molecule has 0 saturated carbocycles. The lowest BCUT2D eigenvalue weighted by Gasteiger charge is -2.34. The molecule has 1 aromatic rings. The number of phenolic OH excluding ortho intramolecular Hbond substituents is 1. The van der Waals surface area contributed by atoms with Gasteiger partial charge in [-0.3, -0.25) is 0 Å². The highest BCUT2D eigenvalue weighted by molar-refractivity contribution is 7.97. The zero-order valence-corrected chi connectivity index (χ0v) is 15.7. The molecule has 1 saturated heterocycles. The fourth-order valence-electron chi connectivity index (χ4n) is 2.05. The molecule has 0 aromatic heterocycles. The van der Waals surface area contributed by atoms with Gasteiger partial charge < -0.3 is 9.66 Å². The van der Waals surface area contributed by atoms with Crippen molar-refractivity contribution in [1.82, 2.24) is 0 Å². The number of rotatable bonds is 4. The largest absolute Gasteiger partial charge is 0.743 e. The topological polar surface area (TPSA) is 77.4 Å². The second-order valence-corrected chi connectivity index (χ2v) is 9.41. The Morgan fingerprint density at radius 3 is 1.59 bits per heavy atom. The van der Waals surface area contributed by atoms with Crippen molar-refractivity contribution in [2.45, 2.75) is 41.0 Å². The summed E-state index contributed by atoms with van der Waals surface area (Å²) < 4.78 is 135. The standard InChI is InChI=1S/C10H12OS.C4HF9O3S/c11-9-3-5-10(6-4-9)12-7-1-2-8-12;5-1(6,3(9,10)11)2(7,8)4(12,13)17(14,15)16/h3-6H,1-2,7-8H2;(H,14,15,16). The lowest BCUT2D eigenvalue weighted by atomic mass is 10.1. The zero-order chi connectivity index (χ0) is 22.9. The number of phenols is 1. The minimum absolute atomic E-state index is 0.376. The Morgan fingerprint density at radius 1 is 0.828 bits per heavy atom. The maximum absolute atomic E-state index is 12.2. The maximum Gasteiger partial charge on any atom is 0.460 e. The minimum Gasteiger partial charge on any atom is -0.743 e. The van der Waals surface area contributed by atoms with Gasteiger partial charge in [0.1, 0.15) is 17.3 Å². The molecule has 15 heteroatoms. The van der Waals surface area contributed by atoms with E-state index in [2.05, 4.69) is 12.1 Å². The summed E-state index contributed by atoms with van der Waals surface area (Å²) >= 11 is 0. The van der Waals surface area contributed by atoms with Gasteiger partial charge >= 0.3 is 23.3 Å². The van der Waals surface area contributed by atoms with E-state index < -0.39 is 33.4 Å². The molecule has 1 aromatic carbocycles. The van der Waals surface area contributed by atoms with Crippen LogP contribution in [0.1, 0.15) is 12.8 Å². The summed E-state index contributed by atoms with van der Waals surface area (Å²) in [6.45, 7) is 0. The van der Waals surface area contributed by atoms with Crippen LogP contribution in [0.15, 0.2) is 29.2 Å². The summed E-state index contributed by atoms with van der Waals surface area (Å²) in [7, 11) is -6.93. The molecule has 1 aliphatic rings. The predicted molar refractivity (Wildman–Crippen MR) is 83.3 cm³/mol. The molecule has 1 aliphatic heterocycles. The first-order valence-electron chi connectivity index (χ1n) is 7.48. The summed E-state index contributed by atoms with van der Waals surface area (Å²) in [4.78, 5) is 1.42. The predicted octanol–water partition coefficient (Wildman–Crippen LogP) is 4.12. The van der Waals surface area contributed by atoms with Crippen molar-refractivity contribution in [3.63, 3.8) is 0 Å². The summed E-state index contributed by atoms with van der Waals surface area (Å²) in [5.41, 5.74) is 0. The third-order valence-corrected chi connectivity index (χ3v) is 7.02. The molecule has 0 radical (unpaired) electrons. The van der Waals surface area contributed by atoms with E-state index in [0.29, 0.717) is 16.6 Å². The van der Waals surface area contributed by atoms with E-state index in [0.717, 1.165) is 0 Å². The number of alkyl halides is 9. The third-order valence-electron chi connectivity index (χ3n) is 3.63. The Kier molecular flexibility index (Phi) is 7.45. The molecule has 0 amide bonds. The molecule has 29 heavy (non-hydrogen) atoms. The van der Waals surface area contributed by atoms with E-state index in [1.807, 2.05) is 0 Å². The Balaban J connectivity index is 0.000000304. The summed E-state index contributed by atoms with van der Waals surface area (Å²) in [6, 6.07) is 7.70. The van der Waals surface area contributed by atoms with Gasteiger partial charge in [-0.15, -0.1) is 0 Å². The van der Waals surface area contributed by atoms with Crippen LogP contribution in [0.2, 0.25) is 0 Å². The lowest BCUT2D eigenvalue weighted by molar-refractivity contribution is -0.382. The molecular weight excluding hydrogens is 467 g/mol. The Labute approximate surface area is 161 Å². The molecule has 168 valence electrons. The Hall–Kier alpha value is -1.35. The highest BCUT2D eigenvalue weighted by atomic mass is 32.2. The fraction of sp³-hybridized carbons (Fsp3) is 0.571. The molecule has 2 rings (SSSR count). The van der Waals surface area contributed by atoms with E-state index in [1.54, 1.807) is 12.1 Å². The van der Waals surface area contributed by atoms with E-state index in [9.17, 15) is 52.5 Å². The normalized spacial score (nSPS) is 17.0. The van der Waals surface area contributed by atoms with Crippen LogP contribution in [0.25, 0.3) is 0 Å². The van der Waals surface area contributed by atoms with Crippen LogP contribution in [-0.2, 0) is 21.0 Å².